The van der Waals surface area contributed by atoms with Crippen LogP contribution in [-0.2, 0) is 0 Å². The van der Waals surface area contributed by atoms with E-state index in [1.165, 1.54) is 5.56 Å². The maximum absolute atomic E-state index is 4.47. The van der Waals surface area contributed by atoms with Gasteiger partial charge in [-0.05, 0) is 38.5 Å². The van der Waals surface area contributed by atoms with Crippen molar-refractivity contribution in [3.05, 3.63) is 51.9 Å². The van der Waals surface area contributed by atoms with Crippen LogP contribution in [0.3, 0.4) is 0 Å². The molecule has 1 N–H and O–H groups in total. The molecule has 4 heteroatoms. The molecule has 0 amide bonds. The van der Waals surface area contributed by atoms with Gasteiger partial charge in [-0.2, -0.15) is 0 Å². The summed E-state index contributed by atoms with van der Waals surface area (Å²) in [6.07, 6.45) is 1.78. The number of rotatable bonds is 3. The fraction of sp³-hybridized carbons (Fsp3) is 0.286. The third kappa shape index (κ3) is 3.07. The second-order valence-electron chi connectivity index (χ2n) is 4.36. The molecule has 3 nitrogen and oxygen atoms in total. The summed E-state index contributed by atoms with van der Waals surface area (Å²) in [5.74, 6) is 0.852. The summed E-state index contributed by atoms with van der Waals surface area (Å²) in [6, 6.07) is 8.48. The number of aryl methyl sites for hydroxylation is 2. The van der Waals surface area contributed by atoms with E-state index in [9.17, 15) is 0 Å². The predicted octanol–water partition coefficient (Wildman–Crippen LogP) is 4.03. The molecular formula is C14H16BrN3. The Morgan fingerprint density at radius 1 is 1.17 bits per heavy atom. The van der Waals surface area contributed by atoms with Gasteiger partial charge in [-0.25, -0.2) is 4.98 Å². The number of halogens is 1. The summed E-state index contributed by atoms with van der Waals surface area (Å²) in [6.45, 7) is 6.03. The lowest BCUT2D eigenvalue weighted by molar-refractivity contribution is 0.861. The lowest BCUT2D eigenvalue weighted by Gasteiger charge is -2.16. The second-order valence-corrected chi connectivity index (χ2v) is 5.28. The van der Waals surface area contributed by atoms with E-state index in [0.29, 0.717) is 0 Å². The molecule has 0 aliphatic rings. The number of hydrogen-bond donors (Lipinski definition) is 1. The van der Waals surface area contributed by atoms with Gasteiger partial charge in [0.1, 0.15) is 5.82 Å². The van der Waals surface area contributed by atoms with E-state index in [1.807, 2.05) is 26.0 Å². The van der Waals surface area contributed by atoms with Gasteiger partial charge in [-0.3, -0.25) is 4.98 Å². The Balaban J connectivity index is 2.18. The van der Waals surface area contributed by atoms with Crippen LogP contribution in [0.4, 0.5) is 5.82 Å². The average Bonchev–Trinajstić information content (AvgIpc) is 2.34. The number of benzene rings is 1. The SMILES string of the molecule is Cc1cnc(C)c(N[C@@H](C)c2ccc(Br)cc2)n1. The topological polar surface area (TPSA) is 37.8 Å². The monoisotopic (exact) mass is 305 g/mol. The lowest BCUT2D eigenvalue weighted by Crippen LogP contribution is -2.10. The van der Waals surface area contributed by atoms with Gasteiger partial charge < -0.3 is 5.32 Å². The van der Waals surface area contributed by atoms with Crippen LogP contribution in [0.1, 0.15) is 29.9 Å². The van der Waals surface area contributed by atoms with E-state index < -0.39 is 0 Å². The molecule has 0 aliphatic carbocycles. The summed E-state index contributed by atoms with van der Waals surface area (Å²) in [7, 11) is 0. The van der Waals surface area contributed by atoms with Crippen molar-refractivity contribution in [3.63, 3.8) is 0 Å². The zero-order valence-electron chi connectivity index (χ0n) is 10.7. The molecule has 1 aromatic carbocycles. The first-order valence-corrected chi connectivity index (χ1v) is 6.68. The average molecular weight is 306 g/mol. The maximum Gasteiger partial charge on any atom is 0.148 e. The molecule has 18 heavy (non-hydrogen) atoms. The van der Waals surface area contributed by atoms with Crippen LogP contribution < -0.4 is 5.32 Å². The standard InChI is InChI=1S/C14H16BrN3/c1-9-8-16-11(3)14(17-9)18-10(2)12-4-6-13(15)7-5-12/h4-8,10H,1-3H3,(H,17,18)/t10-/m0/s1. The Hall–Kier alpha value is -1.42. The Morgan fingerprint density at radius 2 is 1.83 bits per heavy atom. The Labute approximate surface area is 116 Å². The largest absolute Gasteiger partial charge is 0.362 e. The van der Waals surface area contributed by atoms with Crippen LogP contribution in [0, 0.1) is 13.8 Å². The summed E-state index contributed by atoms with van der Waals surface area (Å²) in [5.41, 5.74) is 3.07. The number of hydrogen-bond acceptors (Lipinski definition) is 3. The maximum atomic E-state index is 4.47. The predicted molar refractivity (Wildman–Crippen MR) is 77.7 cm³/mol. The Morgan fingerprint density at radius 3 is 2.50 bits per heavy atom. The number of nitrogens with one attached hydrogen (secondary N) is 1. The zero-order chi connectivity index (χ0) is 13.1. The number of nitrogens with zero attached hydrogens (tertiary/aromatic N) is 2. The van der Waals surface area contributed by atoms with Crippen molar-refractivity contribution in [3.8, 4) is 0 Å². The van der Waals surface area contributed by atoms with Crippen LogP contribution in [0.25, 0.3) is 0 Å². The van der Waals surface area contributed by atoms with E-state index in [4.69, 9.17) is 0 Å². The normalized spacial score (nSPS) is 12.2. The molecular weight excluding hydrogens is 290 g/mol. The van der Waals surface area contributed by atoms with Crippen LogP contribution in [0.2, 0.25) is 0 Å². The van der Waals surface area contributed by atoms with Crippen molar-refractivity contribution in [2.75, 3.05) is 5.32 Å². The van der Waals surface area contributed by atoms with Crippen molar-refractivity contribution < 1.29 is 0 Å². The van der Waals surface area contributed by atoms with Crippen LogP contribution in [0.15, 0.2) is 34.9 Å². The number of aromatic nitrogens is 2. The highest BCUT2D eigenvalue weighted by Gasteiger charge is 2.08. The molecule has 1 atom stereocenters. The number of anilines is 1. The molecule has 2 rings (SSSR count). The van der Waals surface area contributed by atoms with Gasteiger partial charge in [0.2, 0.25) is 0 Å². The van der Waals surface area contributed by atoms with Gasteiger partial charge in [0, 0.05) is 10.7 Å². The molecule has 0 bridgehead atoms. The molecule has 0 aliphatic heterocycles. The first-order chi connectivity index (χ1) is 8.56. The Bertz CT molecular complexity index is 537. The smallest absolute Gasteiger partial charge is 0.148 e. The minimum atomic E-state index is 0.202. The fourth-order valence-corrected chi connectivity index (χ4v) is 1.98. The molecule has 2 aromatic rings. The molecule has 0 spiro atoms. The Kier molecular flexibility index (Phi) is 3.97. The molecule has 1 aromatic heterocycles. The summed E-state index contributed by atoms with van der Waals surface area (Å²) in [5, 5.41) is 3.40. The van der Waals surface area contributed by atoms with E-state index in [-0.39, 0.29) is 6.04 Å². The highest BCUT2D eigenvalue weighted by atomic mass is 79.9. The van der Waals surface area contributed by atoms with E-state index >= 15 is 0 Å². The molecule has 0 unspecified atom stereocenters. The molecule has 0 saturated heterocycles. The van der Waals surface area contributed by atoms with E-state index in [1.54, 1.807) is 6.20 Å². The van der Waals surface area contributed by atoms with Crippen molar-refractivity contribution >= 4 is 21.7 Å². The summed E-state index contributed by atoms with van der Waals surface area (Å²) in [4.78, 5) is 8.78. The van der Waals surface area contributed by atoms with E-state index in [2.05, 4.69) is 50.3 Å². The molecule has 0 radical (unpaired) electrons. The van der Waals surface area contributed by atoms with Gasteiger partial charge in [-0.15, -0.1) is 0 Å². The summed E-state index contributed by atoms with van der Waals surface area (Å²) < 4.78 is 1.09. The third-order valence-corrected chi connectivity index (χ3v) is 3.33. The zero-order valence-corrected chi connectivity index (χ0v) is 12.3. The first kappa shape index (κ1) is 13.0. The fourth-order valence-electron chi connectivity index (χ4n) is 1.71. The molecule has 0 saturated carbocycles. The van der Waals surface area contributed by atoms with Crippen LogP contribution >= 0.6 is 15.9 Å². The summed E-state index contributed by atoms with van der Waals surface area (Å²) >= 11 is 3.44. The van der Waals surface area contributed by atoms with Crippen molar-refractivity contribution in [2.45, 2.75) is 26.8 Å². The van der Waals surface area contributed by atoms with Gasteiger partial charge in [-0.1, -0.05) is 28.1 Å². The van der Waals surface area contributed by atoms with Crippen LogP contribution in [-0.4, -0.2) is 9.97 Å². The van der Waals surface area contributed by atoms with E-state index in [0.717, 1.165) is 21.7 Å². The van der Waals surface area contributed by atoms with Gasteiger partial charge in [0.25, 0.3) is 0 Å². The second kappa shape index (κ2) is 5.48. The molecule has 0 fully saturated rings. The van der Waals surface area contributed by atoms with Crippen molar-refractivity contribution in [1.82, 2.24) is 9.97 Å². The molecule has 1 heterocycles. The minimum absolute atomic E-state index is 0.202. The lowest BCUT2D eigenvalue weighted by atomic mass is 10.1. The van der Waals surface area contributed by atoms with Gasteiger partial charge in [0.05, 0.1) is 17.4 Å². The minimum Gasteiger partial charge on any atom is -0.362 e. The van der Waals surface area contributed by atoms with Crippen molar-refractivity contribution in [1.29, 1.82) is 0 Å². The first-order valence-electron chi connectivity index (χ1n) is 5.88. The quantitative estimate of drug-likeness (QED) is 0.930. The highest BCUT2D eigenvalue weighted by Crippen LogP contribution is 2.21. The third-order valence-electron chi connectivity index (χ3n) is 2.80. The van der Waals surface area contributed by atoms with Gasteiger partial charge in [0.15, 0.2) is 0 Å². The van der Waals surface area contributed by atoms with Crippen molar-refractivity contribution in [2.24, 2.45) is 0 Å². The highest BCUT2D eigenvalue weighted by molar-refractivity contribution is 9.10. The molecule has 94 valence electrons. The van der Waals surface area contributed by atoms with Gasteiger partial charge >= 0.3 is 0 Å². The van der Waals surface area contributed by atoms with Crippen LogP contribution in [0.5, 0.6) is 0 Å².